The fourth-order valence-electron chi connectivity index (χ4n) is 4.01. The maximum atomic E-state index is 15.9. The first-order valence-electron chi connectivity index (χ1n) is 11.4. The van der Waals surface area contributed by atoms with E-state index < -0.39 is 71.2 Å². The van der Waals surface area contributed by atoms with E-state index in [1.165, 1.54) is 19.1 Å². The summed E-state index contributed by atoms with van der Waals surface area (Å²) < 4.78 is 95.2. The largest absolute Gasteiger partial charge is 0.377 e. The second-order valence-electron chi connectivity index (χ2n) is 8.85. The summed E-state index contributed by atoms with van der Waals surface area (Å²) in [6.07, 6.45) is 1.65. The average molecular weight is 550 g/mol. The minimum Gasteiger partial charge on any atom is -0.377 e. The molecule has 2 aromatic carbocycles. The lowest BCUT2D eigenvalue weighted by atomic mass is 9.83. The molecule has 0 bridgehead atoms. The lowest BCUT2D eigenvalue weighted by Gasteiger charge is -2.37. The SMILES string of the molecule is CC1N=C(C(F)(F)C(O)(Cn2cnnn2)c2ccc(F)cc2F)C=CC1OCC(F)(F)c1ccc(C#N)cc1. The Labute approximate surface area is 217 Å². The number of halogens is 6. The lowest BCUT2D eigenvalue weighted by Crippen LogP contribution is -2.54. The molecule has 3 atom stereocenters. The fourth-order valence-corrected chi connectivity index (χ4v) is 4.01. The van der Waals surface area contributed by atoms with Gasteiger partial charge in [-0.25, -0.2) is 13.5 Å². The molecule has 2 heterocycles. The molecular formula is C25H20F6N6O2. The van der Waals surface area contributed by atoms with Gasteiger partial charge < -0.3 is 9.84 Å². The van der Waals surface area contributed by atoms with Crippen LogP contribution in [0.15, 0.2) is 65.9 Å². The van der Waals surface area contributed by atoms with Gasteiger partial charge in [0.15, 0.2) is 5.60 Å². The Morgan fingerprint density at radius 3 is 2.41 bits per heavy atom. The predicted molar refractivity (Wildman–Crippen MR) is 124 cm³/mol. The Morgan fingerprint density at radius 1 is 1.10 bits per heavy atom. The lowest BCUT2D eigenvalue weighted by molar-refractivity contribution is -0.155. The van der Waals surface area contributed by atoms with Gasteiger partial charge in [-0.3, -0.25) is 4.99 Å². The second kappa shape index (κ2) is 10.6. The van der Waals surface area contributed by atoms with E-state index in [1.54, 1.807) is 0 Å². The quantitative estimate of drug-likeness (QED) is 0.405. The Kier molecular flexibility index (Phi) is 7.58. The van der Waals surface area contributed by atoms with E-state index in [1.807, 2.05) is 6.07 Å². The van der Waals surface area contributed by atoms with Gasteiger partial charge >= 0.3 is 5.92 Å². The van der Waals surface area contributed by atoms with Gasteiger partial charge in [-0.2, -0.15) is 22.8 Å². The zero-order valence-electron chi connectivity index (χ0n) is 20.1. The number of hydrogen-bond donors (Lipinski definition) is 1. The van der Waals surface area contributed by atoms with E-state index in [2.05, 4.69) is 20.5 Å². The van der Waals surface area contributed by atoms with Crippen LogP contribution in [0, 0.1) is 23.0 Å². The first kappa shape index (κ1) is 27.9. The highest BCUT2D eigenvalue weighted by molar-refractivity contribution is 6.02. The summed E-state index contributed by atoms with van der Waals surface area (Å²) in [5, 5.41) is 30.1. The van der Waals surface area contributed by atoms with Crippen LogP contribution in [0.25, 0.3) is 0 Å². The van der Waals surface area contributed by atoms with Gasteiger partial charge in [0.05, 0.1) is 30.3 Å². The number of alkyl halides is 4. The van der Waals surface area contributed by atoms with Crippen LogP contribution in [0.1, 0.15) is 23.6 Å². The number of aromatic nitrogens is 4. The Hall–Kier alpha value is -4.09. The number of hydrogen-bond acceptors (Lipinski definition) is 7. The summed E-state index contributed by atoms with van der Waals surface area (Å²) in [4.78, 5) is 3.86. The minimum atomic E-state index is -4.29. The third kappa shape index (κ3) is 5.55. The number of allylic oxidation sites excluding steroid dienone is 1. The summed E-state index contributed by atoms with van der Waals surface area (Å²) in [5.74, 6) is -10.2. The normalized spacial score (nSPS) is 19.3. The highest BCUT2D eigenvalue weighted by Gasteiger charge is 2.59. The number of nitriles is 1. The number of ether oxygens (including phenoxy) is 1. The van der Waals surface area contributed by atoms with Crippen LogP contribution in [0.2, 0.25) is 0 Å². The first-order chi connectivity index (χ1) is 18.4. The van der Waals surface area contributed by atoms with Gasteiger partial charge in [0.1, 0.15) is 30.3 Å². The molecule has 3 unspecified atom stereocenters. The Balaban J connectivity index is 1.57. The number of nitrogens with zero attached hydrogens (tertiary/aromatic N) is 6. The highest BCUT2D eigenvalue weighted by atomic mass is 19.3. The van der Waals surface area contributed by atoms with E-state index in [9.17, 15) is 22.7 Å². The standard InChI is InChI=1S/C25H20F6N6O2/c1-15-21(39-13-24(28,29)17-4-2-16(11-32)3-5-17)8-9-22(34-15)25(30,31)23(38,12-37-14-33-35-36-37)19-7-6-18(26)10-20(19)27/h2-10,14-15,21,38H,12-13H2,1H3. The van der Waals surface area contributed by atoms with Crippen molar-refractivity contribution in [3.05, 3.63) is 89.3 Å². The van der Waals surface area contributed by atoms with Crippen LogP contribution < -0.4 is 0 Å². The zero-order chi connectivity index (χ0) is 28.4. The Bertz CT molecular complexity index is 1420. The van der Waals surface area contributed by atoms with Crippen molar-refractivity contribution < 1.29 is 36.2 Å². The highest BCUT2D eigenvalue weighted by Crippen LogP contribution is 2.43. The van der Waals surface area contributed by atoms with Crippen LogP contribution in [-0.4, -0.2) is 55.7 Å². The van der Waals surface area contributed by atoms with Crippen molar-refractivity contribution in [3.63, 3.8) is 0 Å². The van der Waals surface area contributed by atoms with Crippen molar-refractivity contribution in [2.75, 3.05) is 6.61 Å². The molecule has 0 saturated carbocycles. The monoisotopic (exact) mass is 550 g/mol. The van der Waals surface area contributed by atoms with Crippen molar-refractivity contribution >= 4 is 5.71 Å². The number of benzene rings is 2. The summed E-state index contributed by atoms with van der Waals surface area (Å²) in [5.41, 5.74) is -5.47. The fraction of sp³-hybridized carbons (Fsp3) is 0.320. The molecule has 39 heavy (non-hydrogen) atoms. The van der Waals surface area contributed by atoms with E-state index >= 15 is 8.78 Å². The smallest absolute Gasteiger partial charge is 0.323 e. The number of aliphatic imine (C=N–C) groups is 1. The van der Waals surface area contributed by atoms with Gasteiger partial charge in [0, 0.05) is 17.2 Å². The van der Waals surface area contributed by atoms with Crippen LogP contribution in [-0.2, 0) is 22.8 Å². The summed E-state index contributed by atoms with van der Waals surface area (Å²) in [6, 6.07) is 7.06. The third-order valence-electron chi connectivity index (χ3n) is 6.16. The van der Waals surface area contributed by atoms with E-state index in [-0.39, 0.29) is 5.56 Å². The van der Waals surface area contributed by atoms with E-state index in [0.29, 0.717) is 18.2 Å². The molecule has 1 N–H and O–H groups in total. The average Bonchev–Trinajstić information content (AvgIpc) is 3.40. The number of dihydropyridines is 1. The third-order valence-corrected chi connectivity index (χ3v) is 6.16. The molecule has 14 heteroatoms. The number of aliphatic hydroxyl groups is 1. The molecular weight excluding hydrogens is 530 g/mol. The van der Waals surface area contributed by atoms with E-state index in [0.717, 1.165) is 35.3 Å². The zero-order valence-corrected chi connectivity index (χ0v) is 20.1. The van der Waals surface area contributed by atoms with Crippen LogP contribution in [0.4, 0.5) is 26.3 Å². The minimum absolute atomic E-state index is 0.197. The van der Waals surface area contributed by atoms with Crippen LogP contribution >= 0.6 is 0 Å². The van der Waals surface area contributed by atoms with Crippen molar-refractivity contribution in [1.29, 1.82) is 5.26 Å². The molecule has 1 aliphatic rings. The molecule has 3 aromatic rings. The van der Waals surface area contributed by atoms with Crippen molar-refractivity contribution in [3.8, 4) is 6.07 Å². The van der Waals surface area contributed by atoms with Gasteiger partial charge in [0.25, 0.3) is 5.92 Å². The second-order valence-corrected chi connectivity index (χ2v) is 8.85. The number of rotatable bonds is 9. The molecule has 8 nitrogen and oxygen atoms in total. The molecule has 0 radical (unpaired) electrons. The molecule has 204 valence electrons. The van der Waals surface area contributed by atoms with Gasteiger partial charge in [0.2, 0.25) is 0 Å². The summed E-state index contributed by atoms with van der Waals surface area (Å²) >= 11 is 0. The van der Waals surface area contributed by atoms with Crippen LogP contribution in [0.3, 0.4) is 0 Å². The van der Waals surface area contributed by atoms with Crippen molar-refractivity contribution in [2.24, 2.45) is 4.99 Å². The molecule has 0 fully saturated rings. The topological polar surface area (TPSA) is 109 Å². The molecule has 0 saturated heterocycles. The van der Waals surface area contributed by atoms with Crippen molar-refractivity contribution in [2.45, 2.75) is 43.1 Å². The first-order valence-corrected chi connectivity index (χ1v) is 11.4. The summed E-state index contributed by atoms with van der Waals surface area (Å²) in [7, 11) is 0. The molecule has 0 amide bonds. The van der Waals surface area contributed by atoms with Gasteiger partial charge in [-0.05, 0) is 47.7 Å². The molecule has 1 aliphatic heterocycles. The molecule has 0 aliphatic carbocycles. The Morgan fingerprint density at radius 2 is 1.82 bits per heavy atom. The summed E-state index contributed by atoms with van der Waals surface area (Å²) in [6.45, 7) is -0.806. The predicted octanol–water partition coefficient (Wildman–Crippen LogP) is 3.92. The van der Waals surface area contributed by atoms with Gasteiger partial charge in [-0.15, -0.1) is 5.10 Å². The van der Waals surface area contributed by atoms with E-state index in [4.69, 9.17) is 10.00 Å². The molecule has 4 rings (SSSR count). The van der Waals surface area contributed by atoms with Crippen molar-refractivity contribution in [1.82, 2.24) is 20.2 Å². The molecule has 1 aromatic heterocycles. The van der Waals surface area contributed by atoms with Crippen LogP contribution in [0.5, 0.6) is 0 Å². The number of tetrazole rings is 1. The van der Waals surface area contributed by atoms with Gasteiger partial charge in [-0.1, -0.05) is 18.2 Å². The maximum Gasteiger partial charge on any atom is 0.323 e. The molecule has 0 spiro atoms. The maximum absolute atomic E-state index is 15.9.